The van der Waals surface area contributed by atoms with Gasteiger partial charge in [-0.1, -0.05) is 11.6 Å². The molecule has 2 aliphatic heterocycles. The third-order valence-corrected chi connectivity index (χ3v) is 6.14. The lowest BCUT2D eigenvalue weighted by atomic mass is 9.92. The summed E-state index contributed by atoms with van der Waals surface area (Å²) >= 11 is 7.49. The Morgan fingerprint density at radius 3 is 2.48 bits per heavy atom. The van der Waals surface area contributed by atoms with Crippen LogP contribution in [-0.2, 0) is 4.79 Å². The van der Waals surface area contributed by atoms with E-state index in [0.717, 1.165) is 60.1 Å². The number of amides is 1. The van der Waals surface area contributed by atoms with Crippen molar-refractivity contribution < 1.29 is 4.79 Å². The molecule has 0 saturated carbocycles. The zero-order valence-electron chi connectivity index (χ0n) is 12.2. The molecule has 0 bridgehead atoms. The fourth-order valence-electron chi connectivity index (χ4n) is 3.40. The molecular formula is C15H22Cl2N2OS. The SMILES string of the molecule is CC(C(=O)N1CC[C@@H]2CNC[C@@H]2CC1)c1ccc(Cl)s1.Cl. The molecule has 3 rings (SSSR count). The van der Waals surface area contributed by atoms with E-state index in [1.807, 2.05) is 19.1 Å². The number of rotatable bonds is 2. The van der Waals surface area contributed by atoms with Gasteiger partial charge in [0.2, 0.25) is 5.91 Å². The van der Waals surface area contributed by atoms with Gasteiger partial charge in [0, 0.05) is 18.0 Å². The Morgan fingerprint density at radius 2 is 1.95 bits per heavy atom. The molecule has 1 N–H and O–H groups in total. The van der Waals surface area contributed by atoms with E-state index >= 15 is 0 Å². The van der Waals surface area contributed by atoms with Crippen molar-refractivity contribution in [2.24, 2.45) is 11.8 Å². The number of carbonyl (C=O) groups is 1. The highest BCUT2D eigenvalue weighted by molar-refractivity contribution is 7.16. The number of thiophene rings is 1. The van der Waals surface area contributed by atoms with Crippen molar-refractivity contribution in [3.05, 3.63) is 21.3 Å². The maximum Gasteiger partial charge on any atom is 0.230 e. The van der Waals surface area contributed by atoms with E-state index in [1.54, 1.807) is 0 Å². The Balaban J connectivity index is 0.00000161. The molecule has 0 radical (unpaired) electrons. The largest absolute Gasteiger partial charge is 0.342 e. The highest BCUT2D eigenvalue weighted by atomic mass is 35.5. The van der Waals surface area contributed by atoms with Crippen LogP contribution in [0.15, 0.2) is 12.1 Å². The normalized spacial score (nSPS) is 26.7. The number of nitrogens with one attached hydrogen (secondary N) is 1. The lowest BCUT2D eigenvalue weighted by Gasteiger charge is -2.24. The van der Waals surface area contributed by atoms with Gasteiger partial charge in [0.25, 0.3) is 0 Å². The van der Waals surface area contributed by atoms with Crippen molar-refractivity contribution in [2.75, 3.05) is 26.2 Å². The minimum Gasteiger partial charge on any atom is -0.342 e. The Kier molecular flexibility index (Phi) is 5.95. The standard InChI is InChI=1S/C15H21ClN2OS.ClH/c1-10(13-2-3-14(16)20-13)15(19)18-6-4-11-8-17-9-12(11)5-7-18;/h2-3,10-12,17H,4-9H2,1H3;1H/t10?,11-,12+;. The second-order valence-electron chi connectivity index (χ2n) is 5.94. The van der Waals surface area contributed by atoms with E-state index in [9.17, 15) is 4.79 Å². The summed E-state index contributed by atoms with van der Waals surface area (Å²) in [6, 6.07) is 3.86. The third-order valence-electron chi connectivity index (χ3n) is 4.72. The van der Waals surface area contributed by atoms with Crippen LogP contribution in [0, 0.1) is 11.8 Å². The molecule has 0 aromatic carbocycles. The van der Waals surface area contributed by atoms with Crippen LogP contribution in [0.4, 0.5) is 0 Å². The maximum atomic E-state index is 12.7. The molecule has 118 valence electrons. The first kappa shape index (κ1) is 17.1. The molecule has 2 fully saturated rings. The van der Waals surface area contributed by atoms with E-state index in [4.69, 9.17) is 11.6 Å². The molecule has 3 atom stereocenters. The summed E-state index contributed by atoms with van der Waals surface area (Å²) in [6.07, 6.45) is 2.28. The van der Waals surface area contributed by atoms with Crippen LogP contribution in [0.25, 0.3) is 0 Å². The van der Waals surface area contributed by atoms with E-state index in [0.29, 0.717) is 0 Å². The predicted octanol–water partition coefficient (Wildman–Crippen LogP) is 3.38. The molecule has 2 saturated heterocycles. The van der Waals surface area contributed by atoms with Crippen molar-refractivity contribution in [3.8, 4) is 0 Å². The van der Waals surface area contributed by atoms with E-state index < -0.39 is 0 Å². The van der Waals surface area contributed by atoms with E-state index in [1.165, 1.54) is 11.3 Å². The Labute approximate surface area is 141 Å². The molecule has 3 nitrogen and oxygen atoms in total. The number of likely N-dealkylation sites (tertiary alicyclic amines) is 1. The van der Waals surface area contributed by atoms with Gasteiger partial charge in [0.15, 0.2) is 0 Å². The summed E-state index contributed by atoms with van der Waals surface area (Å²) < 4.78 is 0.760. The summed E-state index contributed by atoms with van der Waals surface area (Å²) in [7, 11) is 0. The molecule has 0 spiro atoms. The highest BCUT2D eigenvalue weighted by Crippen LogP contribution is 2.31. The number of hydrogen-bond donors (Lipinski definition) is 1. The number of fused-ring (bicyclic) bond motifs is 1. The van der Waals surface area contributed by atoms with Gasteiger partial charge in [-0.25, -0.2) is 0 Å². The molecule has 1 aromatic heterocycles. The quantitative estimate of drug-likeness (QED) is 0.888. The van der Waals surface area contributed by atoms with Crippen LogP contribution < -0.4 is 5.32 Å². The molecular weight excluding hydrogens is 327 g/mol. The summed E-state index contributed by atoms with van der Waals surface area (Å²) in [4.78, 5) is 15.8. The van der Waals surface area contributed by atoms with Gasteiger partial charge in [0.05, 0.1) is 10.3 Å². The number of halogens is 2. The average Bonchev–Trinajstić information content (AvgIpc) is 3.02. The molecule has 21 heavy (non-hydrogen) atoms. The summed E-state index contributed by atoms with van der Waals surface area (Å²) in [5, 5.41) is 3.47. The molecule has 3 heterocycles. The third kappa shape index (κ3) is 3.73. The highest BCUT2D eigenvalue weighted by Gasteiger charge is 2.32. The van der Waals surface area contributed by atoms with Crippen molar-refractivity contribution in [1.29, 1.82) is 0 Å². The monoisotopic (exact) mass is 348 g/mol. The van der Waals surface area contributed by atoms with Gasteiger partial charge in [-0.15, -0.1) is 23.7 Å². The first-order chi connectivity index (χ1) is 9.65. The summed E-state index contributed by atoms with van der Waals surface area (Å²) in [5.41, 5.74) is 0. The van der Waals surface area contributed by atoms with Gasteiger partial charge < -0.3 is 10.2 Å². The minimum atomic E-state index is -0.0661. The zero-order chi connectivity index (χ0) is 14.1. The Bertz CT molecular complexity index is 480. The molecule has 6 heteroatoms. The number of carbonyl (C=O) groups excluding carboxylic acids is 1. The summed E-state index contributed by atoms with van der Waals surface area (Å²) in [6.45, 7) is 6.07. The van der Waals surface area contributed by atoms with Gasteiger partial charge in [-0.3, -0.25) is 4.79 Å². The molecule has 2 aliphatic rings. The van der Waals surface area contributed by atoms with Crippen molar-refractivity contribution in [2.45, 2.75) is 25.7 Å². The smallest absolute Gasteiger partial charge is 0.230 e. The van der Waals surface area contributed by atoms with Crippen LogP contribution in [0.3, 0.4) is 0 Å². The van der Waals surface area contributed by atoms with Crippen LogP contribution in [-0.4, -0.2) is 37.0 Å². The Morgan fingerprint density at radius 1 is 1.33 bits per heavy atom. The predicted molar refractivity (Wildman–Crippen MR) is 90.7 cm³/mol. The molecule has 0 aliphatic carbocycles. The van der Waals surface area contributed by atoms with Gasteiger partial charge in [-0.2, -0.15) is 0 Å². The lowest BCUT2D eigenvalue weighted by molar-refractivity contribution is -0.132. The first-order valence-electron chi connectivity index (χ1n) is 7.40. The molecule has 1 aromatic rings. The first-order valence-corrected chi connectivity index (χ1v) is 8.59. The Hall–Kier alpha value is -0.290. The lowest BCUT2D eigenvalue weighted by Crippen LogP contribution is -2.35. The second-order valence-corrected chi connectivity index (χ2v) is 7.69. The second kappa shape index (κ2) is 7.32. The number of hydrogen-bond acceptors (Lipinski definition) is 3. The van der Waals surface area contributed by atoms with Gasteiger partial charge in [0.1, 0.15) is 0 Å². The zero-order valence-corrected chi connectivity index (χ0v) is 14.6. The van der Waals surface area contributed by atoms with Gasteiger partial charge in [-0.05, 0) is 56.8 Å². The summed E-state index contributed by atoms with van der Waals surface area (Å²) in [5.74, 6) is 1.72. The van der Waals surface area contributed by atoms with Crippen molar-refractivity contribution in [1.82, 2.24) is 10.2 Å². The average molecular weight is 349 g/mol. The number of nitrogens with zero attached hydrogens (tertiary/aromatic N) is 1. The van der Waals surface area contributed by atoms with Crippen LogP contribution in [0.5, 0.6) is 0 Å². The topological polar surface area (TPSA) is 32.3 Å². The van der Waals surface area contributed by atoms with E-state index in [-0.39, 0.29) is 24.2 Å². The van der Waals surface area contributed by atoms with Crippen molar-refractivity contribution in [3.63, 3.8) is 0 Å². The van der Waals surface area contributed by atoms with Crippen LogP contribution in [0.1, 0.15) is 30.6 Å². The fourth-order valence-corrected chi connectivity index (χ4v) is 4.50. The minimum absolute atomic E-state index is 0. The van der Waals surface area contributed by atoms with Crippen LogP contribution >= 0.6 is 35.3 Å². The fraction of sp³-hybridized carbons (Fsp3) is 0.667. The van der Waals surface area contributed by atoms with E-state index in [2.05, 4.69) is 10.2 Å². The maximum absolute atomic E-state index is 12.7. The molecule has 1 amide bonds. The molecule has 1 unspecified atom stereocenters. The van der Waals surface area contributed by atoms with Gasteiger partial charge >= 0.3 is 0 Å². The van der Waals surface area contributed by atoms with Crippen molar-refractivity contribution >= 4 is 41.3 Å². The van der Waals surface area contributed by atoms with Crippen LogP contribution in [0.2, 0.25) is 4.34 Å².